The molecule has 0 saturated heterocycles. The van der Waals surface area contributed by atoms with Crippen molar-refractivity contribution in [3.8, 4) is 0 Å². The average molecular weight is 291 g/mol. The van der Waals surface area contributed by atoms with Gasteiger partial charge in [-0.25, -0.2) is 4.98 Å². The number of thiazole rings is 1. The molecular formula is C15H21N3OS. The summed E-state index contributed by atoms with van der Waals surface area (Å²) >= 11 is 1.65. The molecule has 1 heterocycles. The maximum atomic E-state index is 12.1. The standard InChI is InChI=1S/C15H21N3OS/c1-4-16-11(2)9-15(19)18(3)10-14-17-12-7-5-6-8-13(12)20-14/h5-8,11,16H,4,9-10H2,1-3H3. The first-order valence-electron chi connectivity index (χ1n) is 6.92. The van der Waals surface area contributed by atoms with Gasteiger partial charge in [-0.05, 0) is 25.6 Å². The van der Waals surface area contributed by atoms with Crippen molar-refractivity contribution in [2.45, 2.75) is 32.9 Å². The lowest BCUT2D eigenvalue weighted by Gasteiger charge is -2.18. The molecule has 0 aliphatic rings. The first-order valence-corrected chi connectivity index (χ1v) is 7.73. The Morgan fingerprint density at radius 1 is 1.45 bits per heavy atom. The Kier molecular flexibility index (Phi) is 5.09. The molecule has 4 nitrogen and oxygen atoms in total. The van der Waals surface area contributed by atoms with E-state index in [4.69, 9.17) is 0 Å². The highest BCUT2D eigenvalue weighted by atomic mass is 32.1. The molecule has 20 heavy (non-hydrogen) atoms. The van der Waals surface area contributed by atoms with Gasteiger partial charge in [0.15, 0.2) is 0 Å². The SMILES string of the molecule is CCNC(C)CC(=O)N(C)Cc1nc2ccccc2s1. The van der Waals surface area contributed by atoms with Gasteiger partial charge in [0, 0.05) is 19.5 Å². The third-order valence-electron chi connectivity index (χ3n) is 3.17. The van der Waals surface area contributed by atoms with Crippen molar-refractivity contribution in [1.29, 1.82) is 0 Å². The van der Waals surface area contributed by atoms with Gasteiger partial charge < -0.3 is 10.2 Å². The maximum Gasteiger partial charge on any atom is 0.224 e. The number of hydrogen-bond acceptors (Lipinski definition) is 4. The van der Waals surface area contributed by atoms with Gasteiger partial charge in [-0.1, -0.05) is 19.1 Å². The number of amides is 1. The van der Waals surface area contributed by atoms with Crippen LogP contribution in [-0.4, -0.2) is 35.4 Å². The molecule has 0 aliphatic carbocycles. The molecule has 1 N–H and O–H groups in total. The van der Waals surface area contributed by atoms with E-state index in [9.17, 15) is 4.79 Å². The molecule has 0 saturated carbocycles. The zero-order chi connectivity index (χ0) is 14.5. The zero-order valence-electron chi connectivity index (χ0n) is 12.2. The molecule has 0 spiro atoms. The van der Waals surface area contributed by atoms with Crippen LogP contribution in [0.5, 0.6) is 0 Å². The minimum atomic E-state index is 0.151. The minimum Gasteiger partial charge on any atom is -0.339 e. The lowest BCUT2D eigenvalue weighted by atomic mass is 10.2. The van der Waals surface area contributed by atoms with Crippen molar-refractivity contribution < 1.29 is 4.79 Å². The molecule has 1 aromatic heterocycles. The van der Waals surface area contributed by atoms with Crippen LogP contribution < -0.4 is 5.32 Å². The van der Waals surface area contributed by atoms with Gasteiger partial charge >= 0.3 is 0 Å². The van der Waals surface area contributed by atoms with Crippen molar-refractivity contribution in [2.75, 3.05) is 13.6 Å². The summed E-state index contributed by atoms with van der Waals surface area (Å²) in [6.07, 6.45) is 0.523. The molecule has 1 atom stereocenters. The lowest BCUT2D eigenvalue weighted by molar-refractivity contribution is -0.130. The quantitative estimate of drug-likeness (QED) is 0.890. The van der Waals surface area contributed by atoms with Crippen molar-refractivity contribution in [3.05, 3.63) is 29.3 Å². The fourth-order valence-electron chi connectivity index (χ4n) is 2.12. The van der Waals surface area contributed by atoms with E-state index in [1.165, 1.54) is 4.70 Å². The summed E-state index contributed by atoms with van der Waals surface area (Å²) in [6, 6.07) is 8.27. The third kappa shape index (κ3) is 3.77. The predicted octanol–water partition coefficient (Wildman–Crippen LogP) is 2.64. The second-order valence-corrected chi connectivity index (χ2v) is 6.10. The first-order chi connectivity index (χ1) is 9.60. The summed E-state index contributed by atoms with van der Waals surface area (Å²) in [4.78, 5) is 18.4. The van der Waals surface area contributed by atoms with Crippen LogP contribution in [0.2, 0.25) is 0 Å². The fraction of sp³-hybridized carbons (Fsp3) is 0.467. The van der Waals surface area contributed by atoms with E-state index in [1.807, 2.05) is 39.1 Å². The number of nitrogens with one attached hydrogen (secondary N) is 1. The summed E-state index contributed by atoms with van der Waals surface area (Å²) in [7, 11) is 1.84. The molecule has 1 aromatic carbocycles. The molecule has 5 heteroatoms. The van der Waals surface area contributed by atoms with Crippen LogP contribution in [-0.2, 0) is 11.3 Å². The van der Waals surface area contributed by atoms with E-state index >= 15 is 0 Å². The first kappa shape index (κ1) is 14.9. The second kappa shape index (κ2) is 6.81. The number of rotatable bonds is 6. The van der Waals surface area contributed by atoms with Gasteiger partial charge in [-0.2, -0.15) is 0 Å². The van der Waals surface area contributed by atoms with Crippen molar-refractivity contribution in [2.24, 2.45) is 0 Å². The second-order valence-electron chi connectivity index (χ2n) is 4.99. The largest absolute Gasteiger partial charge is 0.339 e. The molecule has 1 amide bonds. The van der Waals surface area contributed by atoms with E-state index in [2.05, 4.69) is 16.4 Å². The van der Waals surface area contributed by atoms with Crippen LogP contribution in [0.15, 0.2) is 24.3 Å². The monoisotopic (exact) mass is 291 g/mol. The molecule has 0 bridgehead atoms. The van der Waals surface area contributed by atoms with Gasteiger partial charge in [-0.15, -0.1) is 11.3 Å². The Hall–Kier alpha value is -1.46. The van der Waals surface area contributed by atoms with Crippen molar-refractivity contribution in [3.63, 3.8) is 0 Å². The topological polar surface area (TPSA) is 45.2 Å². The summed E-state index contributed by atoms with van der Waals surface area (Å²) in [6.45, 7) is 5.55. The van der Waals surface area contributed by atoms with Gasteiger partial charge in [-0.3, -0.25) is 4.79 Å². The highest BCUT2D eigenvalue weighted by Gasteiger charge is 2.14. The number of aromatic nitrogens is 1. The molecule has 2 aromatic rings. The number of carbonyl (C=O) groups excluding carboxylic acids is 1. The summed E-state index contributed by atoms with van der Waals surface area (Å²) in [5, 5.41) is 4.24. The van der Waals surface area contributed by atoms with E-state index in [0.29, 0.717) is 13.0 Å². The highest BCUT2D eigenvalue weighted by Crippen LogP contribution is 2.22. The van der Waals surface area contributed by atoms with E-state index in [0.717, 1.165) is 17.1 Å². The lowest BCUT2D eigenvalue weighted by Crippen LogP contribution is -2.34. The smallest absolute Gasteiger partial charge is 0.224 e. The molecular weight excluding hydrogens is 270 g/mol. The summed E-state index contributed by atoms with van der Waals surface area (Å²) in [5.41, 5.74) is 1.01. The predicted molar refractivity (Wildman–Crippen MR) is 83.8 cm³/mol. The highest BCUT2D eigenvalue weighted by molar-refractivity contribution is 7.18. The normalized spacial score (nSPS) is 12.6. The Morgan fingerprint density at radius 2 is 2.20 bits per heavy atom. The summed E-state index contributed by atoms with van der Waals surface area (Å²) in [5.74, 6) is 0.151. The number of benzene rings is 1. The number of hydrogen-bond donors (Lipinski definition) is 1. The van der Waals surface area contributed by atoms with E-state index < -0.39 is 0 Å². The van der Waals surface area contributed by atoms with E-state index in [-0.39, 0.29) is 11.9 Å². The zero-order valence-corrected chi connectivity index (χ0v) is 13.0. The molecule has 1 unspecified atom stereocenters. The Balaban J connectivity index is 1.96. The van der Waals surface area contributed by atoms with Crippen LogP contribution in [0.3, 0.4) is 0 Å². The Morgan fingerprint density at radius 3 is 2.90 bits per heavy atom. The molecule has 0 fully saturated rings. The molecule has 0 aliphatic heterocycles. The molecule has 2 rings (SSSR count). The molecule has 108 valence electrons. The van der Waals surface area contributed by atoms with Gasteiger partial charge in [0.2, 0.25) is 5.91 Å². The van der Waals surface area contributed by atoms with Crippen LogP contribution >= 0.6 is 11.3 Å². The number of carbonyl (C=O) groups is 1. The van der Waals surface area contributed by atoms with Crippen LogP contribution in [0, 0.1) is 0 Å². The maximum absolute atomic E-state index is 12.1. The summed E-state index contributed by atoms with van der Waals surface area (Å²) < 4.78 is 1.17. The minimum absolute atomic E-state index is 0.151. The van der Waals surface area contributed by atoms with Crippen LogP contribution in [0.25, 0.3) is 10.2 Å². The van der Waals surface area contributed by atoms with Crippen molar-refractivity contribution in [1.82, 2.24) is 15.2 Å². The molecule has 0 radical (unpaired) electrons. The third-order valence-corrected chi connectivity index (χ3v) is 4.19. The van der Waals surface area contributed by atoms with Gasteiger partial charge in [0.05, 0.1) is 16.8 Å². The van der Waals surface area contributed by atoms with E-state index in [1.54, 1.807) is 16.2 Å². The number of para-hydroxylation sites is 1. The number of nitrogens with zero attached hydrogens (tertiary/aromatic N) is 2. The van der Waals surface area contributed by atoms with Gasteiger partial charge in [0.25, 0.3) is 0 Å². The number of fused-ring (bicyclic) bond motifs is 1. The average Bonchev–Trinajstić information content (AvgIpc) is 2.80. The fourth-order valence-corrected chi connectivity index (χ4v) is 3.14. The van der Waals surface area contributed by atoms with Crippen LogP contribution in [0.4, 0.5) is 0 Å². The van der Waals surface area contributed by atoms with Gasteiger partial charge in [0.1, 0.15) is 5.01 Å². The Labute approximate surface area is 123 Å². The van der Waals surface area contributed by atoms with Crippen LogP contribution in [0.1, 0.15) is 25.3 Å². The Bertz CT molecular complexity index is 548. The van der Waals surface area contributed by atoms with Crippen molar-refractivity contribution >= 4 is 27.5 Å².